The summed E-state index contributed by atoms with van der Waals surface area (Å²) in [4.78, 5) is 31.1. The highest BCUT2D eigenvalue weighted by atomic mass is 35.5. The number of hydrogen-bond acceptors (Lipinski definition) is 5. The smallest absolute Gasteiger partial charge is 0.300 e. The molecular weight excluding hydrogens is 442 g/mol. The van der Waals surface area contributed by atoms with Crippen LogP contribution in [-0.4, -0.2) is 28.9 Å². The summed E-state index contributed by atoms with van der Waals surface area (Å²) in [5.74, 6) is -4.63. The van der Waals surface area contributed by atoms with E-state index in [0.29, 0.717) is 5.56 Å². The molecule has 32 heavy (non-hydrogen) atoms. The number of pyridine rings is 1. The molecule has 1 aromatic heterocycles. The first-order chi connectivity index (χ1) is 15.3. The molecule has 2 aromatic carbocycles. The molecular formula is C23H15ClF2N2O4. The Bertz CT molecular complexity index is 1260. The summed E-state index contributed by atoms with van der Waals surface area (Å²) in [7, 11) is 1.37. The monoisotopic (exact) mass is 456 g/mol. The number of Topliss-reactive ketones (excluding diaryl/α,β-unsaturated/α-hetero) is 1. The summed E-state index contributed by atoms with van der Waals surface area (Å²) in [5, 5.41) is 11.4. The van der Waals surface area contributed by atoms with Gasteiger partial charge >= 0.3 is 0 Å². The fraction of sp³-hybridized carbons (Fsp3) is 0.0870. The van der Waals surface area contributed by atoms with Gasteiger partial charge in [-0.1, -0.05) is 17.7 Å². The summed E-state index contributed by atoms with van der Waals surface area (Å²) >= 11 is 6.06. The fourth-order valence-electron chi connectivity index (χ4n) is 3.60. The molecule has 0 saturated carbocycles. The van der Waals surface area contributed by atoms with Crippen LogP contribution in [0.3, 0.4) is 0 Å². The van der Waals surface area contributed by atoms with Crippen molar-refractivity contribution in [1.29, 1.82) is 0 Å². The van der Waals surface area contributed by atoms with Crippen molar-refractivity contribution in [3.05, 3.63) is 94.3 Å². The maximum absolute atomic E-state index is 13.9. The second-order valence-corrected chi connectivity index (χ2v) is 7.33. The molecule has 0 bridgehead atoms. The predicted octanol–water partition coefficient (Wildman–Crippen LogP) is 4.65. The van der Waals surface area contributed by atoms with Crippen LogP contribution in [0.1, 0.15) is 17.2 Å². The number of aliphatic hydroxyl groups is 1. The third-order valence-corrected chi connectivity index (χ3v) is 5.28. The topological polar surface area (TPSA) is 79.7 Å². The number of rotatable bonds is 4. The number of ketones is 1. The minimum absolute atomic E-state index is 0.0584. The minimum atomic E-state index is -1.19. The molecule has 6 nitrogen and oxygen atoms in total. The van der Waals surface area contributed by atoms with Gasteiger partial charge in [0, 0.05) is 29.2 Å². The van der Waals surface area contributed by atoms with E-state index in [-0.39, 0.29) is 27.6 Å². The molecule has 3 aromatic rings. The van der Waals surface area contributed by atoms with Gasteiger partial charge in [0.15, 0.2) is 11.6 Å². The summed E-state index contributed by atoms with van der Waals surface area (Å²) in [6.45, 7) is 0. The minimum Gasteiger partial charge on any atom is -0.507 e. The van der Waals surface area contributed by atoms with Crippen molar-refractivity contribution in [2.75, 3.05) is 12.0 Å². The van der Waals surface area contributed by atoms with E-state index in [9.17, 15) is 23.5 Å². The van der Waals surface area contributed by atoms with Crippen LogP contribution in [0.25, 0.3) is 5.76 Å². The third kappa shape index (κ3) is 3.58. The van der Waals surface area contributed by atoms with Crippen LogP contribution in [0.5, 0.6) is 5.75 Å². The first kappa shape index (κ1) is 21.5. The summed E-state index contributed by atoms with van der Waals surface area (Å²) in [6.07, 6.45) is 2.90. The summed E-state index contributed by atoms with van der Waals surface area (Å²) in [6, 6.07) is 9.29. The molecule has 1 amide bonds. The molecule has 9 heteroatoms. The number of benzene rings is 2. The van der Waals surface area contributed by atoms with Gasteiger partial charge in [-0.25, -0.2) is 8.78 Å². The van der Waals surface area contributed by atoms with Crippen LogP contribution < -0.4 is 9.64 Å². The predicted molar refractivity (Wildman–Crippen MR) is 113 cm³/mol. The van der Waals surface area contributed by atoms with Gasteiger partial charge in [0.05, 0.1) is 24.3 Å². The van der Waals surface area contributed by atoms with Crippen molar-refractivity contribution in [2.45, 2.75) is 6.04 Å². The van der Waals surface area contributed by atoms with E-state index in [1.807, 2.05) is 0 Å². The SMILES string of the molecule is COc1ccc(Cl)cc1/C(O)=C1\C(=O)C(=O)N(c2ccc(F)c(F)c2)C1c1cccnc1. The van der Waals surface area contributed by atoms with E-state index in [4.69, 9.17) is 16.3 Å². The van der Waals surface area contributed by atoms with E-state index in [1.54, 1.807) is 12.1 Å². The standard InChI is InChI=1S/C23H15ClF2N2O4/c1-32-18-7-4-13(24)9-15(18)21(29)19-20(12-3-2-8-27-11-12)28(23(31)22(19)30)14-5-6-16(25)17(26)10-14/h2-11,20,29H,1H3/b21-19+. The number of amides is 1. The van der Waals surface area contributed by atoms with E-state index in [1.165, 1.54) is 43.8 Å². The van der Waals surface area contributed by atoms with Crippen LogP contribution in [0, 0.1) is 11.6 Å². The van der Waals surface area contributed by atoms with E-state index in [2.05, 4.69) is 4.98 Å². The van der Waals surface area contributed by atoms with Gasteiger partial charge in [-0.2, -0.15) is 0 Å². The van der Waals surface area contributed by atoms with Crippen LogP contribution in [0.2, 0.25) is 5.02 Å². The van der Waals surface area contributed by atoms with Crippen molar-refractivity contribution in [3.8, 4) is 5.75 Å². The number of anilines is 1. The summed E-state index contributed by atoms with van der Waals surface area (Å²) in [5.41, 5.74) is 0.140. The van der Waals surface area contributed by atoms with Crippen LogP contribution >= 0.6 is 11.6 Å². The second kappa shape index (κ2) is 8.39. The van der Waals surface area contributed by atoms with Gasteiger partial charge in [0.1, 0.15) is 11.5 Å². The van der Waals surface area contributed by atoms with Gasteiger partial charge in [-0.05, 0) is 42.0 Å². The highest BCUT2D eigenvalue weighted by Crippen LogP contribution is 2.43. The Hall–Kier alpha value is -3.78. The number of aromatic nitrogens is 1. The average molecular weight is 457 g/mol. The van der Waals surface area contributed by atoms with Crippen molar-refractivity contribution < 1.29 is 28.2 Å². The Labute approximate surface area is 186 Å². The highest BCUT2D eigenvalue weighted by Gasteiger charge is 2.47. The lowest BCUT2D eigenvalue weighted by Gasteiger charge is -2.25. The molecule has 162 valence electrons. The Morgan fingerprint density at radius 2 is 1.91 bits per heavy atom. The average Bonchev–Trinajstić information content (AvgIpc) is 3.06. The zero-order valence-electron chi connectivity index (χ0n) is 16.6. The molecule has 1 N–H and O–H groups in total. The largest absolute Gasteiger partial charge is 0.507 e. The van der Waals surface area contributed by atoms with E-state index in [0.717, 1.165) is 17.0 Å². The highest BCUT2D eigenvalue weighted by molar-refractivity contribution is 6.51. The Balaban J connectivity index is 1.98. The van der Waals surface area contributed by atoms with Gasteiger partial charge < -0.3 is 9.84 Å². The number of halogens is 3. The van der Waals surface area contributed by atoms with E-state index >= 15 is 0 Å². The Morgan fingerprint density at radius 3 is 2.56 bits per heavy atom. The van der Waals surface area contributed by atoms with E-state index < -0.39 is 35.1 Å². The molecule has 1 fully saturated rings. The number of carbonyl (C=O) groups is 2. The second-order valence-electron chi connectivity index (χ2n) is 6.90. The number of methoxy groups -OCH3 is 1. The van der Waals surface area contributed by atoms with Crippen molar-refractivity contribution in [2.24, 2.45) is 0 Å². The van der Waals surface area contributed by atoms with Crippen molar-refractivity contribution >= 4 is 34.7 Å². The van der Waals surface area contributed by atoms with Gasteiger partial charge in [-0.15, -0.1) is 0 Å². The zero-order valence-corrected chi connectivity index (χ0v) is 17.3. The Morgan fingerprint density at radius 1 is 1.12 bits per heavy atom. The molecule has 0 spiro atoms. The quantitative estimate of drug-likeness (QED) is 0.351. The van der Waals surface area contributed by atoms with Crippen LogP contribution in [0.15, 0.2) is 66.5 Å². The summed E-state index contributed by atoms with van der Waals surface area (Å²) < 4.78 is 32.7. The Kier molecular flexibility index (Phi) is 5.63. The molecule has 1 atom stereocenters. The lowest BCUT2D eigenvalue weighted by atomic mass is 9.96. The maximum Gasteiger partial charge on any atom is 0.300 e. The first-order valence-electron chi connectivity index (χ1n) is 9.33. The normalized spacial score (nSPS) is 17.6. The lowest BCUT2D eigenvalue weighted by molar-refractivity contribution is -0.132. The fourth-order valence-corrected chi connectivity index (χ4v) is 3.77. The maximum atomic E-state index is 13.9. The zero-order chi connectivity index (χ0) is 23.0. The molecule has 1 aliphatic heterocycles. The molecule has 0 aliphatic carbocycles. The van der Waals surface area contributed by atoms with Crippen LogP contribution in [-0.2, 0) is 9.59 Å². The number of hydrogen-bond donors (Lipinski definition) is 1. The van der Waals surface area contributed by atoms with Crippen molar-refractivity contribution in [3.63, 3.8) is 0 Å². The third-order valence-electron chi connectivity index (χ3n) is 5.04. The molecule has 1 unspecified atom stereocenters. The van der Waals surface area contributed by atoms with Crippen molar-refractivity contribution in [1.82, 2.24) is 4.98 Å². The lowest BCUT2D eigenvalue weighted by Crippen LogP contribution is -2.29. The molecule has 4 rings (SSSR count). The van der Waals surface area contributed by atoms with Gasteiger partial charge in [-0.3, -0.25) is 19.5 Å². The first-order valence-corrected chi connectivity index (χ1v) is 9.71. The molecule has 1 aliphatic rings. The number of carbonyl (C=O) groups excluding carboxylic acids is 2. The number of nitrogens with zero attached hydrogens (tertiary/aromatic N) is 2. The number of ether oxygens (including phenoxy) is 1. The van der Waals surface area contributed by atoms with Gasteiger partial charge in [0.2, 0.25) is 0 Å². The molecule has 0 radical (unpaired) electrons. The van der Waals surface area contributed by atoms with Gasteiger partial charge in [0.25, 0.3) is 11.7 Å². The van der Waals surface area contributed by atoms with Crippen LogP contribution in [0.4, 0.5) is 14.5 Å². The number of aliphatic hydroxyl groups excluding tert-OH is 1. The molecule has 1 saturated heterocycles. The molecule has 2 heterocycles.